The van der Waals surface area contributed by atoms with Crippen LogP contribution in [-0.4, -0.2) is 75.5 Å². The molecule has 218 valence electrons. The molecule has 5 heterocycles. The van der Waals surface area contributed by atoms with Crippen LogP contribution < -0.4 is 14.4 Å². The molecule has 1 N–H and O–H groups in total. The van der Waals surface area contributed by atoms with Crippen LogP contribution in [0.25, 0.3) is 11.2 Å². The Kier molecular flexibility index (Phi) is 7.13. The number of hydrogen-bond acceptors (Lipinski definition) is 8. The Morgan fingerprint density at radius 1 is 1.10 bits per heavy atom. The molecule has 0 saturated carbocycles. The largest absolute Gasteiger partial charge is 0.483 e. The molecule has 0 bridgehead atoms. The molecule has 42 heavy (non-hydrogen) atoms. The molecule has 0 spiro atoms. The molecule has 0 radical (unpaired) electrons. The lowest BCUT2D eigenvalue weighted by Gasteiger charge is -2.42. The average molecular weight is 590 g/mol. The third-order valence-corrected chi connectivity index (χ3v) is 8.62. The van der Waals surface area contributed by atoms with Crippen molar-refractivity contribution in [1.29, 1.82) is 0 Å². The number of ether oxygens (including phenoxy) is 3. The lowest BCUT2D eigenvalue weighted by molar-refractivity contribution is -0.0593. The molecule has 1 unspecified atom stereocenters. The first-order valence-electron chi connectivity index (χ1n) is 14.3. The highest BCUT2D eigenvalue weighted by atomic mass is 35.5. The van der Waals surface area contributed by atoms with Gasteiger partial charge in [-0.15, -0.1) is 0 Å². The third kappa shape index (κ3) is 5.14. The van der Waals surface area contributed by atoms with E-state index in [1.807, 2.05) is 41.0 Å². The first-order chi connectivity index (χ1) is 20.4. The molecule has 0 amide bonds. The summed E-state index contributed by atoms with van der Waals surface area (Å²) in [6, 6.07) is 17.2. The van der Waals surface area contributed by atoms with Crippen molar-refractivity contribution in [1.82, 2.24) is 19.4 Å². The standard InChI is InChI=1S/C31H32ClN5O5/c1-19-15-36(25-3-2-4-26-29(25)41-18-27(42-26)20-5-7-21(32)8-6-20)13-12-35(19)17-28-33-23-9-10-24(31(38)39)34-30(23)37(28)16-22-11-14-40-22/h2-10,19,22,27H,11-18H2,1H3,(H,38,39)/t19-,22-,27?/m0/s1. The Morgan fingerprint density at radius 2 is 1.93 bits per heavy atom. The van der Waals surface area contributed by atoms with Gasteiger partial charge in [0.15, 0.2) is 28.9 Å². The van der Waals surface area contributed by atoms with Crippen molar-refractivity contribution in [3.63, 3.8) is 0 Å². The predicted molar refractivity (Wildman–Crippen MR) is 158 cm³/mol. The summed E-state index contributed by atoms with van der Waals surface area (Å²) in [6.45, 7) is 7.11. The van der Waals surface area contributed by atoms with E-state index in [0.29, 0.717) is 35.9 Å². The minimum absolute atomic E-state index is 0.0172. The minimum atomic E-state index is -1.05. The lowest BCUT2D eigenvalue weighted by atomic mass is 10.1. The van der Waals surface area contributed by atoms with E-state index in [1.54, 1.807) is 6.07 Å². The number of carboxylic acids is 1. The van der Waals surface area contributed by atoms with E-state index < -0.39 is 5.97 Å². The van der Waals surface area contributed by atoms with Crippen molar-refractivity contribution < 1.29 is 24.1 Å². The molecule has 3 atom stereocenters. The summed E-state index contributed by atoms with van der Waals surface area (Å²) >= 11 is 6.06. The molecule has 10 nitrogen and oxygen atoms in total. The molecule has 7 rings (SSSR count). The number of aromatic nitrogens is 3. The van der Waals surface area contributed by atoms with Crippen molar-refractivity contribution in [2.75, 3.05) is 37.7 Å². The van der Waals surface area contributed by atoms with Gasteiger partial charge in [0.2, 0.25) is 0 Å². The maximum atomic E-state index is 11.6. The monoisotopic (exact) mass is 589 g/mol. The average Bonchev–Trinajstić information content (AvgIpc) is 3.31. The lowest BCUT2D eigenvalue weighted by Crippen LogP contribution is -2.52. The second kappa shape index (κ2) is 11.1. The Labute approximate surface area is 248 Å². The summed E-state index contributed by atoms with van der Waals surface area (Å²) < 4.78 is 20.4. The molecule has 0 aliphatic carbocycles. The van der Waals surface area contributed by atoms with E-state index >= 15 is 0 Å². The molecule has 3 aliphatic heterocycles. The number of pyridine rings is 1. The number of aromatic carboxylic acids is 1. The van der Waals surface area contributed by atoms with Gasteiger partial charge < -0.3 is 28.8 Å². The van der Waals surface area contributed by atoms with Gasteiger partial charge in [-0.25, -0.2) is 14.8 Å². The van der Waals surface area contributed by atoms with Crippen molar-refractivity contribution in [3.05, 3.63) is 76.7 Å². The van der Waals surface area contributed by atoms with Crippen LogP contribution in [0.15, 0.2) is 54.6 Å². The SMILES string of the molecule is C[C@H]1CN(c2cccc3c2OCC(c2ccc(Cl)cc2)O3)CCN1Cc1nc2ccc(C(=O)O)nc2n1C[C@@H]1CCO1. The van der Waals surface area contributed by atoms with Crippen LogP contribution in [-0.2, 0) is 17.8 Å². The Morgan fingerprint density at radius 3 is 2.67 bits per heavy atom. The Hall–Kier alpha value is -3.86. The highest BCUT2D eigenvalue weighted by molar-refractivity contribution is 6.30. The first-order valence-corrected chi connectivity index (χ1v) is 14.7. The van der Waals surface area contributed by atoms with Gasteiger partial charge in [0.25, 0.3) is 0 Å². The normalized spacial score (nSPS) is 22.2. The quantitative estimate of drug-likeness (QED) is 0.326. The maximum absolute atomic E-state index is 11.6. The number of rotatable bonds is 7. The van der Waals surface area contributed by atoms with Crippen molar-refractivity contribution in [2.24, 2.45) is 0 Å². The van der Waals surface area contributed by atoms with Gasteiger partial charge in [0, 0.05) is 37.3 Å². The van der Waals surface area contributed by atoms with Crippen molar-refractivity contribution in [2.45, 2.75) is 44.7 Å². The third-order valence-electron chi connectivity index (χ3n) is 8.37. The van der Waals surface area contributed by atoms with Gasteiger partial charge in [-0.2, -0.15) is 0 Å². The zero-order valence-electron chi connectivity index (χ0n) is 23.3. The molecule has 11 heteroatoms. The molecule has 2 aromatic heterocycles. The Bertz CT molecular complexity index is 1620. The van der Waals surface area contributed by atoms with Gasteiger partial charge in [-0.05, 0) is 55.3 Å². The summed E-state index contributed by atoms with van der Waals surface area (Å²) in [5.74, 6) is 1.35. The van der Waals surface area contributed by atoms with Crippen LogP contribution >= 0.6 is 11.6 Å². The summed E-state index contributed by atoms with van der Waals surface area (Å²) in [4.78, 5) is 25.7. The smallest absolute Gasteiger partial charge is 0.354 e. The number of nitrogens with zero attached hydrogens (tertiary/aromatic N) is 5. The van der Waals surface area contributed by atoms with E-state index in [4.69, 9.17) is 30.8 Å². The maximum Gasteiger partial charge on any atom is 0.354 e. The zero-order chi connectivity index (χ0) is 28.8. The van der Waals surface area contributed by atoms with E-state index in [0.717, 1.165) is 61.2 Å². The van der Waals surface area contributed by atoms with Gasteiger partial charge in [-0.1, -0.05) is 29.8 Å². The number of halogens is 1. The Balaban J connectivity index is 1.08. The van der Waals surface area contributed by atoms with Crippen LogP contribution in [0.2, 0.25) is 5.02 Å². The van der Waals surface area contributed by atoms with E-state index in [1.165, 1.54) is 6.07 Å². The molecule has 4 aromatic rings. The fourth-order valence-corrected chi connectivity index (χ4v) is 6.05. The molecule has 2 aromatic carbocycles. The second-order valence-corrected chi connectivity index (χ2v) is 11.5. The molecular formula is C31H32ClN5O5. The number of carbonyl (C=O) groups is 1. The van der Waals surface area contributed by atoms with Crippen LogP contribution in [0.3, 0.4) is 0 Å². The number of piperazine rings is 1. The fourth-order valence-electron chi connectivity index (χ4n) is 5.92. The number of para-hydroxylation sites is 1. The number of anilines is 1. The van der Waals surface area contributed by atoms with Crippen LogP contribution in [0.4, 0.5) is 5.69 Å². The summed E-state index contributed by atoms with van der Waals surface area (Å²) in [6.07, 6.45) is 0.878. The van der Waals surface area contributed by atoms with E-state index in [-0.39, 0.29) is 23.9 Å². The van der Waals surface area contributed by atoms with Crippen LogP contribution in [0.5, 0.6) is 11.5 Å². The zero-order valence-corrected chi connectivity index (χ0v) is 24.0. The number of carboxylic acid groups (broad SMARTS) is 1. The van der Waals surface area contributed by atoms with Gasteiger partial charge in [-0.3, -0.25) is 4.90 Å². The summed E-state index contributed by atoms with van der Waals surface area (Å²) in [5, 5.41) is 10.2. The predicted octanol–water partition coefficient (Wildman–Crippen LogP) is 4.80. The van der Waals surface area contributed by atoms with Crippen molar-refractivity contribution >= 4 is 34.4 Å². The first kappa shape index (κ1) is 27.0. The molecule has 2 saturated heterocycles. The van der Waals surface area contributed by atoms with Crippen molar-refractivity contribution in [3.8, 4) is 11.5 Å². The van der Waals surface area contributed by atoms with Crippen LogP contribution in [0, 0.1) is 0 Å². The van der Waals surface area contributed by atoms with Crippen LogP contribution in [0.1, 0.15) is 41.3 Å². The highest BCUT2D eigenvalue weighted by Gasteiger charge is 2.31. The topological polar surface area (TPSA) is 102 Å². The van der Waals surface area contributed by atoms with Gasteiger partial charge in [0.1, 0.15) is 17.9 Å². The van der Waals surface area contributed by atoms with Gasteiger partial charge >= 0.3 is 5.97 Å². The molecule has 3 aliphatic rings. The number of benzene rings is 2. The second-order valence-electron chi connectivity index (χ2n) is 11.1. The molecular weight excluding hydrogens is 558 g/mol. The summed E-state index contributed by atoms with van der Waals surface area (Å²) in [5.41, 5.74) is 3.38. The minimum Gasteiger partial charge on any atom is -0.483 e. The summed E-state index contributed by atoms with van der Waals surface area (Å²) in [7, 11) is 0. The highest BCUT2D eigenvalue weighted by Crippen LogP contribution is 2.44. The number of fused-ring (bicyclic) bond motifs is 2. The van der Waals surface area contributed by atoms with E-state index in [2.05, 4.69) is 27.8 Å². The number of imidazole rings is 1. The molecule has 2 fully saturated rings. The number of hydrogen-bond donors (Lipinski definition) is 1. The fraction of sp³-hybridized carbons (Fsp3) is 0.387. The van der Waals surface area contributed by atoms with Gasteiger partial charge in [0.05, 0.1) is 24.9 Å². The van der Waals surface area contributed by atoms with E-state index in [9.17, 15) is 9.90 Å².